The molecule has 4 heteroatoms. The van der Waals surface area contributed by atoms with Gasteiger partial charge in [-0.15, -0.1) is 18.4 Å². The molecular weight excluding hydrogens is 348 g/mol. The van der Waals surface area contributed by atoms with Crippen LogP contribution in [0.25, 0.3) is 15.7 Å². The number of aryl methyl sites for hydroxylation is 2. The number of benzene rings is 2. The van der Waals surface area contributed by atoms with Crippen molar-refractivity contribution in [3.63, 3.8) is 0 Å². The standard InChI is InChI=1S/C21H18O2S2/c1-4-15(12-23-16-10-9-13(2)14(3)11-16)19-20(24)17-7-5-6-8-18(17)25-21(19)22/h5-11,24H,1,12H2,2-3H3. The molecule has 1 heterocycles. The van der Waals surface area contributed by atoms with Gasteiger partial charge in [-0.1, -0.05) is 42.2 Å². The van der Waals surface area contributed by atoms with Crippen molar-refractivity contribution >= 4 is 39.6 Å². The normalized spacial score (nSPS) is 10.5. The maximum absolute atomic E-state index is 12.6. The Labute approximate surface area is 156 Å². The molecule has 2 aromatic carbocycles. The molecule has 25 heavy (non-hydrogen) atoms. The molecule has 0 spiro atoms. The van der Waals surface area contributed by atoms with Crippen molar-refractivity contribution in [1.82, 2.24) is 0 Å². The molecule has 0 unspecified atom stereocenters. The van der Waals surface area contributed by atoms with E-state index < -0.39 is 0 Å². The van der Waals surface area contributed by atoms with Gasteiger partial charge in [0.25, 0.3) is 0 Å². The molecule has 0 saturated heterocycles. The molecule has 3 aromatic rings. The zero-order chi connectivity index (χ0) is 18.0. The molecule has 1 aromatic heterocycles. The van der Waals surface area contributed by atoms with Crippen molar-refractivity contribution in [2.75, 3.05) is 6.61 Å². The fourth-order valence-electron chi connectivity index (χ4n) is 2.57. The van der Waals surface area contributed by atoms with E-state index in [1.807, 2.05) is 49.4 Å². The summed E-state index contributed by atoms with van der Waals surface area (Å²) in [6, 6.07) is 13.7. The topological polar surface area (TPSA) is 26.3 Å². The fourth-order valence-corrected chi connectivity index (χ4v) is 4.11. The maximum Gasteiger partial charge on any atom is 0.242 e. The summed E-state index contributed by atoms with van der Waals surface area (Å²) in [7, 11) is 0. The van der Waals surface area contributed by atoms with Gasteiger partial charge in [-0.05, 0) is 43.2 Å². The lowest BCUT2D eigenvalue weighted by molar-refractivity contribution is 0.369. The molecule has 0 N–H and O–H groups in total. The van der Waals surface area contributed by atoms with Gasteiger partial charge >= 0.3 is 0 Å². The average Bonchev–Trinajstić information content (AvgIpc) is 2.60. The third-order valence-electron chi connectivity index (χ3n) is 4.16. The van der Waals surface area contributed by atoms with Gasteiger partial charge in [0.15, 0.2) is 0 Å². The molecule has 0 atom stereocenters. The third kappa shape index (κ3) is 3.57. The Morgan fingerprint density at radius 2 is 1.96 bits per heavy atom. The average molecular weight is 367 g/mol. The van der Waals surface area contributed by atoms with Crippen molar-refractivity contribution in [1.29, 1.82) is 0 Å². The van der Waals surface area contributed by atoms with Crippen LogP contribution < -0.4 is 9.48 Å². The van der Waals surface area contributed by atoms with Gasteiger partial charge < -0.3 is 4.74 Å². The van der Waals surface area contributed by atoms with E-state index in [1.54, 1.807) is 0 Å². The molecule has 2 nitrogen and oxygen atoms in total. The minimum absolute atomic E-state index is 0.0569. The smallest absolute Gasteiger partial charge is 0.242 e. The van der Waals surface area contributed by atoms with E-state index in [1.165, 1.54) is 16.9 Å². The molecule has 0 fully saturated rings. The quantitative estimate of drug-likeness (QED) is 0.493. The van der Waals surface area contributed by atoms with E-state index in [-0.39, 0.29) is 11.3 Å². The summed E-state index contributed by atoms with van der Waals surface area (Å²) in [5, 5.41) is 0.948. The van der Waals surface area contributed by atoms with Gasteiger partial charge in [0.1, 0.15) is 12.4 Å². The second-order valence-electron chi connectivity index (χ2n) is 5.80. The lowest BCUT2D eigenvalue weighted by Crippen LogP contribution is -2.10. The highest BCUT2D eigenvalue weighted by atomic mass is 32.1. The van der Waals surface area contributed by atoms with E-state index >= 15 is 0 Å². The Bertz CT molecular complexity index is 1060. The number of hydrogen-bond acceptors (Lipinski definition) is 4. The SMILES string of the molecule is C=C=C(COc1ccc(C)c(C)c1)c1c(S)c2ccccc2sc1=O. The van der Waals surface area contributed by atoms with Crippen LogP contribution in [-0.4, -0.2) is 6.61 Å². The van der Waals surface area contributed by atoms with E-state index in [9.17, 15) is 4.79 Å². The summed E-state index contributed by atoms with van der Waals surface area (Å²) in [4.78, 5) is 13.2. The van der Waals surface area contributed by atoms with E-state index in [0.717, 1.165) is 21.4 Å². The van der Waals surface area contributed by atoms with Crippen LogP contribution in [0.2, 0.25) is 0 Å². The van der Waals surface area contributed by atoms with Crippen LogP contribution in [0.4, 0.5) is 0 Å². The second-order valence-corrected chi connectivity index (χ2v) is 7.26. The Hall–Kier alpha value is -2.26. The van der Waals surface area contributed by atoms with Crippen LogP contribution >= 0.6 is 24.0 Å². The predicted octanol–water partition coefficient (Wildman–Crippen LogP) is 5.41. The summed E-state index contributed by atoms with van der Waals surface area (Å²) < 4.78 is 6.72. The fraction of sp³-hybridized carbons (Fsp3) is 0.143. The summed E-state index contributed by atoms with van der Waals surface area (Å²) in [5.74, 6) is 0.758. The minimum atomic E-state index is -0.0569. The lowest BCUT2D eigenvalue weighted by Gasteiger charge is -2.12. The molecule has 0 radical (unpaired) electrons. The molecule has 0 aliphatic rings. The van der Waals surface area contributed by atoms with Crippen LogP contribution in [0.15, 0.2) is 64.5 Å². The highest BCUT2D eigenvalue weighted by molar-refractivity contribution is 7.80. The van der Waals surface area contributed by atoms with Gasteiger partial charge in [0.05, 0.1) is 5.56 Å². The van der Waals surface area contributed by atoms with Gasteiger partial charge in [-0.3, -0.25) is 4.79 Å². The molecule has 0 bridgehead atoms. The Balaban J connectivity index is 1.96. The van der Waals surface area contributed by atoms with Crippen LogP contribution in [0, 0.1) is 13.8 Å². The van der Waals surface area contributed by atoms with E-state index in [4.69, 9.17) is 4.74 Å². The Morgan fingerprint density at radius 1 is 1.20 bits per heavy atom. The number of rotatable bonds is 4. The third-order valence-corrected chi connectivity index (χ3v) is 5.59. The maximum atomic E-state index is 12.6. The summed E-state index contributed by atoms with van der Waals surface area (Å²) in [6.45, 7) is 8.05. The van der Waals surface area contributed by atoms with Gasteiger partial charge in [0.2, 0.25) is 4.74 Å². The Kier molecular flexibility index (Phi) is 5.14. The largest absolute Gasteiger partial charge is 0.488 e. The zero-order valence-corrected chi connectivity index (χ0v) is 15.8. The summed E-state index contributed by atoms with van der Waals surface area (Å²) in [6.07, 6.45) is 0. The monoisotopic (exact) mass is 366 g/mol. The number of thiol groups is 1. The molecule has 0 aliphatic carbocycles. The number of ether oxygens (including phenoxy) is 1. The van der Waals surface area contributed by atoms with Gasteiger partial charge in [-0.2, -0.15) is 0 Å². The van der Waals surface area contributed by atoms with E-state index in [2.05, 4.69) is 31.9 Å². The first-order chi connectivity index (χ1) is 12.0. The number of fused-ring (bicyclic) bond motifs is 1. The molecule has 0 aliphatic heterocycles. The zero-order valence-electron chi connectivity index (χ0n) is 14.1. The Morgan fingerprint density at radius 3 is 2.68 bits per heavy atom. The molecule has 0 amide bonds. The highest BCUT2D eigenvalue weighted by Crippen LogP contribution is 2.29. The number of hydrogen-bond donors (Lipinski definition) is 1. The molecule has 0 saturated carbocycles. The summed E-state index contributed by atoms with van der Waals surface area (Å²) >= 11 is 5.80. The van der Waals surface area contributed by atoms with Crippen molar-refractivity contribution < 1.29 is 4.74 Å². The van der Waals surface area contributed by atoms with Crippen LogP contribution in [0.1, 0.15) is 16.7 Å². The van der Waals surface area contributed by atoms with Crippen molar-refractivity contribution in [3.05, 3.63) is 81.0 Å². The van der Waals surface area contributed by atoms with Gasteiger partial charge in [-0.25, -0.2) is 0 Å². The molecule has 126 valence electrons. The van der Waals surface area contributed by atoms with Crippen molar-refractivity contribution in [3.8, 4) is 5.75 Å². The van der Waals surface area contributed by atoms with Gasteiger partial charge in [0, 0.05) is 20.6 Å². The molecule has 3 rings (SSSR count). The molecular formula is C21H18O2S2. The van der Waals surface area contributed by atoms with E-state index in [0.29, 0.717) is 16.0 Å². The summed E-state index contributed by atoms with van der Waals surface area (Å²) in [5.41, 5.74) is 6.37. The van der Waals surface area contributed by atoms with Crippen molar-refractivity contribution in [2.24, 2.45) is 0 Å². The van der Waals surface area contributed by atoms with Crippen LogP contribution in [0.5, 0.6) is 5.75 Å². The minimum Gasteiger partial charge on any atom is -0.488 e. The first kappa shape index (κ1) is 17.6. The van der Waals surface area contributed by atoms with Crippen LogP contribution in [0.3, 0.4) is 0 Å². The van der Waals surface area contributed by atoms with Crippen LogP contribution in [-0.2, 0) is 0 Å². The highest BCUT2D eigenvalue weighted by Gasteiger charge is 2.15. The van der Waals surface area contributed by atoms with Crippen molar-refractivity contribution in [2.45, 2.75) is 18.7 Å². The first-order valence-corrected chi connectivity index (χ1v) is 9.11. The predicted molar refractivity (Wildman–Crippen MR) is 109 cm³/mol. The second kappa shape index (κ2) is 7.32. The lowest BCUT2D eigenvalue weighted by atomic mass is 10.1. The first-order valence-electron chi connectivity index (χ1n) is 7.85.